The van der Waals surface area contributed by atoms with Crippen LogP contribution in [-0.4, -0.2) is 48.1 Å². The lowest BCUT2D eigenvalue weighted by Crippen LogP contribution is -2.38. The van der Waals surface area contributed by atoms with Crippen LogP contribution in [0.2, 0.25) is 0 Å². The fourth-order valence-corrected chi connectivity index (χ4v) is 5.93. The minimum Gasteiger partial charge on any atom is -0.493 e. The molecule has 2 fully saturated rings. The minimum absolute atomic E-state index is 0.0180. The molecule has 0 bridgehead atoms. The van der Waals surface area contributed by atoms with Crippen molar-refractivity contribution in [1.29, 1.82) is 0 Å². The van der Waals surface area contributed by atoms with Gasteiger partial charge in [-0.05, 0) is 107 Å². The molecule has 1 aromatic carbocycles. The highest BCUT2D eigenvalue weighted by molar-refractivity contribution is 5.94. The zero-order chi connectivity index (χ0) is 22.6. The number of piperidine rings is 1. The van der Waals surface area contributed by atoms with Crippen LogP contribution in [0.1, 0.15) is 78.0 Å². The average Bonchev–Trinajstić information content (AvgIpc) is 3.34. The van der Waals surface area contributed by atoms with Gasteiger partial charge in [-0.25, -0.2) is 0 Å². The molecule has 1 saturated carbocycles. The van der Waals surface area contributed by atoms with Gasteiger partial charge in [-0.3, -0.25) is 9.78 Å². The van der Waals surface area contributed by atoms with Crippen LogP contribution in [0.5, 0.6) is 5.75 Å². The molecule has 176 valence electrons. The summed E-state index contributed by atoms with van der Waals surface area (Å²) in [5, 5.41) is 3.22. The SMILES string of the molecule is Cc1ccc(C(=O)NC2CCC(CCN3CCC(c4cccc5c4CCO5)CC3)CC2)cn1. The number of likely N-dealkylation sites (tertiary alicyclic amines) is 1. The molecular weight excluding hydrogens is 410 g/mol. The fraction of sp³-hybridized carbons (Fsp3) is 0.571. The number of fused-ring (bicyclic) bond motifs is 1. The number of rotatable bonds is 6. The molecule has 3 aliphatic rings. The van der Waals surface area contributed by atoms with Crippen molar-refractivity contribution in [2.24, 2.45) is 5.92 Å². The van der Waals surface area contributed by atoms with Gasteiger partial charge in [0, 0.05) is 29.9 Å². The highest BCUT2D eigenvalue weighted by Crippen LogP contribution is 2.37. The van der Waals surface area contributed by atoms with Crippen LogP contribution >= 0.6 is 0 Å². The van der Waals surface area contributed by atoms with E-state index < -0.39 is 0 Å². The van der Waals surface area contributed by atoms with E-state index in [1.807, 2.05) is 19.1 Å². The van der Waals surface area contributed by atoms with Crippen LogP contribution in [0.3, 0.4) is 0 Å². The second-order valence-corrected chi connectivity index (χ2v) is 10.2. The molecule has 1 N–H and O–H groups in total. The van der Waals surface area contributed by atoms with Gasteiger partial charge in [0.15, 0.2) is 0 Å². The van der Waals surface area contributed by atoms with Crippen molar-refractivity contribution in [2.75, 3.05) is 26.2 Å². The zero-order valence-corrected chi connectivity index (χ0v) is 19.9. The highest BCUT2D eigenvalue weighted by Gasteiger charge is 2.27. The Hall–Kier alpha value is -2.40. The second-order valence-electron chi connectivity index (χ2n) is 10.2. The number of aromatic nitrogens is 1. The molecule has 5 rings (SSSR count). The molecule has 5 heteroatoms. The van der Waals surface area contributed by atoms with Crippen molar-refractivity contribution in [1.82, 2.24) is 15.2 Å². The Morgan fingerprint density at radius 1 is 1.09 bits per heavy atom. The van der Waals surface area contributed by atoms with Gasteiger partial charge in [-0.1, -0.05) is 12.1 Å². The van der Waals surface area contributed by atoms with E-state index in [1.54, 1.807) is 11.8 Å². The predicted molar refractivity (Wildman–Crippen MR) is 131 cm³/mol. The third-order valence-corrected chi connectivity index (χ3v) is 8.02. The summed E-state index contributed by atoms with van der Waals surface area (Å²) in [6.07, 6.45) is 11.2. The monoisotopic (exact) mass is 447 g/mol. The number of aryl methyl sites for hydroxylation is 1. The number of ether oxygens (including phenoxy) is 1. The summed E-state index contributed by atoms with van der Waals surface area (Å²) >= 11 is 0. The van der Waals surface area contributed by atoms with E-state index in [1.165, 1.54) is 57.3 Å². The minimum atomic E-state index is 0.0180. The molecule has 1 aliphatic carbocycles. The lowest BCUT2D eigenvalue weighted by Gasteiger charge is -2.35. The van der Waals surface area contributed by atoms with Gasteiger partial charge < -0.3 is 15.0 Å². The molecule has 5 nitrogen and oxygen atoms in total. The van der Waals surface area contributed by atoms with Crippen molar-refractivity contribution in [3.63, 3.8) is 0 Å². The predicted octanol–water partition coefficient (Wildman–Crippen LogP) is 4.88. The lowest BCUT2D eigenvalue weighted by molar-refractivity contribution is 0.0919. The molecule has 0 atom stereocenters. The number of carbonyl (C=O) groups excluding carboxylic acids is 1. The molecule has 1 amide bonds. The Kier molecular flexibility index (Phi) is 6.96. The van der Waals surface area contributed by atoms with E-state index >= 15 is 0 Å². The molecule has 0 spiro atoms. The molecule has 1 saturated heterocycles. The molecular formula is C28H37N3O2. The third-order valence-electron chi connectivity index (χ3n) is 8.02. The number of nitrogens with one attached hydrogen (secondary N) is 1. The number of benzene rings is 1. The van der Waals surface area contributed by atoms with Crippen LogP contribution in [-0.2, 0) is 6.42 Å². The first kappa shape index (κ1) is 22.4. The highest BCUT2D eigenvalue weighted by atomic mass is 16.5. The average molecular weight is 448 g/mol. The standard InChI is InChI=1S/C28H37N3O2/c1-20-5-8-23(19-29-20)28(32)30-24-9-6-21(7-10-24)11-15-31-16-12-22(13-17-31)25-3-2-4-27-26(25)14-18-33-27/h2-5,8,19,21-22,24H,6-7,9-18H2,1H3,(H,30,32). The Labute approximate surface area is 197 Å². The molecule has 2 aliphatic heterocycles. The van der Waals surface area contributed by atoms with E-state index in [0.29, 0.717) is 17.5 Å². The van der Waals surface area contributed by atoms with E-state index in [2.05, 4.69) is 33.4 Å². The molecule has 1 aromatic heterocycles. The van der Waals surface area contributed by atoms with Gasteiger partial charge in [0.05, 0.1) is 12.2 Å². The Morgan fingerprint density at radius 2 is 1.91 bits per heavy atom. The van der Waals surface area contributed by atoms with Gasteiger partial charge in [0.25, 0.3) is 5.91 Å². The maximum Gasteiger partial charge on any atom is 0.253 e. The van der Waals surface area contributed by atoms with Crippen LogP contribution in [0.25, 0.3) is 0 Å². The van der Waals surface area contributed by atoms with E-state index in [4.69, 9.17) is 4.74 Å². The van der Waals surface area contributed by atoms with E-state index in [0.717, 1.165) is 43.2 Å². The third kappa shape index (κ3) is 5.40. The van der Waals surface area contributed by atoms with Crippen molar-refractivity contribution >= 4 is 5.91 Å². The van der Waals surface area contributed by atoms with Crippen molar-refractivity contribution < 1.29 is 9.53 Å². The molecule has 2 aromatic rings. The first-order valence-corrected chi connectivity index (χ1v) is 12.9. The Bertz CT molecular complexity index is 942. The summed E-state index contributed by atoms with van der Waals surface area (Å²) < 4.78 is 5.78. The van der Waals surface area contributed by atoms with Crippen molar-refractivity contribution in [3.05, 3.63) is 58.9 Å². The smallest absolute Gasteiger partial charge is 0.253 e. The second kappa shape index (κ2) is 10.3. The number of hydrogen-bond acceptors (Lipinski definition) is 4. The van der Waals surface area contributed by atoms with Gasteiger partial charge in [0.1, 0.15) is 5.75 Å². The van der Waals surface area contributed by atoms with Crippen molar-refractivity contribution in [3.8, 4) is 5.75 Å². The number of nitrogens with zero attached hydrogens (tertiary/aromatic N) is 2. The maximum atomic E-state index is 12.5. The number of carbonyl (C=O) groups is 1. The van der Waals surface area contributed by atoms with Gasteiger partial charge >= 0.3 is 0 Å². The Morgan fingerprint density at radius 3 is 2.67 bits per heavy atom. The largest absolute Gasteiger partial charge is 0.493 e. The quantitative estimate of drug-likeness (QED) is 0.686. The van der Waals surface area contributed by atoms with E-state index in [-0.39, 0.29) is 5.91 Å². The summed E-state index contributed by atoms with van der Waals surface area (Å²) in [6, 6.07) is 10.7. The zero-order valence-electron chi connectivity index (χ0n) is 19.9. The van der Waals surface area contributed by atoms with Crippen LogP contribution in [0.15, 0.2) is 36.5 Å². The summed E-state index contributed by atoms with van der Waals surface area (Å²) in [5.74, 6) is 2.63. The summed E-state index contributed by atoms with van der Waals surface area (Å²) in [5.41, 5.74) is 4.62. The van der Waals surface area contributed by atoms with Crippen molar-refractivity contribution in [2.45, 2.75) is 70.3 Å². The maximum absolute atomic E-state index is 12.5. The molecule has 33 heavy (non-hydrogen) atoms. The molecule has 0 radical (unpaired) electrons. The molecule has 0 unspecified atom stereocenters. The van der Waals surface area contributed by atoms with Gasteiger partial charge in [-0.15, -0.1) is 0 Å². The fourth-order valence-electron chi connectivity index (χ4n) is 5.93. The summed E-state index contributed by atoms with van der Waals surface area (Å²) in [7, 11) is 0. The van der Waals surface area contributed by atoms with Crippen LogP contribution in [0.4, 0.5) is 0 Å². The van der Waals surface area contributed by atoms with Crippen LogP contribution < -0.4 is 10.1 Å². The van der Waals surface area contributed by atoms with Gasteiger partial charge in [-0.2, -0.15) is 0 Å². The van der Waals surface area contributed by atoms with Crippen LogP contribution in [0, 0.1) is 12.8 Å². The number of pyridine rings is 1. The normalized spacial score (nSPS) is 23.7. The van der Waals surface area contributed by atoms with E-state index in [9.17, 15) is 4.79 Å². The lowest BCUT2D eigenvalue weighted by atomic mass is 9.83. The number of amides is 1. The first-order valence-electron chi connectivity index (χ1n) is 12.9. The Balaban J connectivity index is 1.02. The number of hydrogen-bond donors (Lipinski definition) is 1. The molecule has 3 heterocycles. The summed E-state index contributed by atoms with van der Waals surface area (Å²) in [4.78, 5) is 19.4. The summed E-state index contributed by atoms with van der Waals surface area (Å²) in [6.45, 7) is 6.44. The first-order chi connectivity index (χ1) is 16.2. The van der Waals surface area contributed by atoms with Gasteiger partial charge in [0.2, 0.25) is 0 Å². The topological polar surface area (TPSA) is 54.5 Å².